The monoisotopic (exact) mass is 248 g/mol. The highest BCUT2D eigenvalue weighted by molar-refractivity contribution is 6.33. The Kier molecular flexibility index (Phi) is 3.22. The summed E-state index contributed by atoms with van der Waals surface area (Å²) in [6.45, 7) is 0. The predicted octanol–water partition coefficient (Wildman–Crippen LogP) is 3.54. The van der Waals surface area contributed by atoms with Crippen LogP contribution in [0, 0.1) is 17.1 Å². The second-order valence-electron chi connectivity index (χ2n) is 3.15. The van der Waals surface area contributed by atoms with Crippen molar-refractivity contribution >= 4 is 11.6 Å². The Labute approximate surface area is 102 Å². The van der Waals surface area contributed by atoms with E-state index in [1.165, 1.54) is 30.5 Å². The van der Waals surface area contributed by atoms with Gasteiger partial charge in [0.25, 0.3) is 0 Å². The van der Waals surface area contributed by atoms with Crippen LogP contribution < -0.4 is 4.74 Å². The van der Waals surface area contributed by atoms with Gasteiger partial charge in [-0.05, 0) is 18.2 Å². The van der Waals surface area contributed by atoms with Crippen LogP contribution in [-0.2, 0) is 0 Å². The maximum Gasteiger partial charge on any atom is 0.239 e. The van der Waals surface area contributed by atoms with Gasteiger partial charge in [-0.1, -0.05) is 17.7 Å². The van der Waals surface area contributed by atoms with Crippen LogP contribution in [0.4, 0.5) is 4.39 Å². The number of nitrogens with zero attached hydrogens (tertiary/aromatic N) is 2. The molecule has 84 valence electrons. The van der Waals surface area contributed by atoms with E-state index >= 15 is 0 Å². The van der Waals surface area contributed by atoms with E-state index in [0.29, 0.717) is 0 Å². The maximum atomic E-state index is 12.9. The minimum Gasteiger partial charge on any atom is -0.437 e. The molecule has 0 aliphatic heterocycles. The molecule has 5 heteroatoms. The Morgan fingerprint density at radius 2 is 2.18 bits per heavy atom. The van der Waals surface area contributed by atoms with Gasteiger partial charge >= 0.3 is 0 Å². The molecule has 2 aromatic rings. The standard InChI is InChI=1S/C12H6ClFN2O/c13-11-8(7-15)4-5-16-12(11)17-10-3-1-2-9(14)6-10/h1-6H. The first kappa shape index (κ1) is 11.4. The fourth-order valence-electron chi connectivity index (χ4n) is 1.22. The van der Waals surface area contributed by atoms with E-state index in [1.54, 1.807) is 6.07 Å². The molecule has 17 heavy (non-hydrogen) atoms. The van der Waals surface area contributed by atoms with Gasteiger partial charge in [0.2, 0.25) is 5.88 Å². The largest absolute Gasteiger partial charge is 0.437 e. The van der Waals surface area contributed by atoms with E-state index < -0.39 is 5.82 Å². The normalized spacial score (nSPS) is 9.71. The molecule has 1 heterocycles. The quantitative estimate of drug-likeness (QED) is 0.817. The van der Waals surface area contributed by atoms with Crippen LogP contribution in [0.2, 0.25) is 5.02 Å². The number of ether oxygens (including phenoxy) is 1. The number of nitriles is 1. The molecule has 1 aromatic heterocycles. The van der Waals surface area contributed by atoms with Crippen molar-refractivity contribution < 1.29 is 9.13 Å². The lowest BCUT2D eigenvalue weighted by molar-refractivity contribution is 0.458. The van der Waals surface area contributed by atoms with Gasteiger partial charge in [0.05, 0.1) is 5.56 Å². The zero-order valence-corrected chi connectivity index (χ0v) is 9.28. The number of benzene rings is 1. The van der Waals surface area contributed by atoms with E-state index in [0.717, 1.165) is 0 Å². The van der Waals surface area contributed by atoms with Crippen LogP contribution >= 0.6 is 11.6 Å². The number of halogens is 2. The second-order valence-corrected chi connectivity index (χ2v) is 3.53. The third kappa shape index (κ3) is 2.52. The highest BCUT2D eigenvalue weighted by Gasteiger charge is 2.09. The van der Waals surface area contributed by atoms with Crippen LogP contribution in [0.15, 0.2) is 36.5 Å². The first-order chi connectivity index (χ1) is 8.20. The third-order valence-electron chi connectivity index (χ3n) is 1.99. The van der Waals surface area contributed by atoms with Crippen molar-refractivity contribution in [2.45, 2.75) is 0 Å². The van der Waals surface area contributed by atoms with Crippen LogP contribution in [0.5, 0.6) is 11.6 Å². The van der Waals surface area contributed by atoms with Gasteiger partial charge in [0.15, 0.2) is 0 Å². The highest BCUT2D eigenvalue weighted by Crippen LogP contribution is 2.29. The predicted molar refractivity (Wildman–Crippen MR) is 60.4 cm³/mol. The van der Waals surface area contributed by atoms with E-state index in [2.05, 4.69) is 4.98 Å². The molecule has 0 unspecified atom stereocenters. The molecule has 0 N–H and O–H groups in total. The molecule has 0 saturated carbocycles. The van der Waals surface area contributed by atoms with Gasteiger partial charge in [0, 0.05) is 12.3 Å². The molecule has 0 fully saturated rings. The Morgan fingerprint density at radius 1 is 1.35 bits per heavy atom. The van der Waals surface area contributed by atoms with Crippen molar-refractivity contribution in [2.75, 3.05) is 0 Å². The van der Waals surface area contributed by atoms with Crippen LogP contribution in [0.3, 0.4) is 0 Å². The second kappa shape index (κ2) is 4.81. The van der Waals surface area contributed by atoms with Crippen molar-refractivity contribution in [3.8, 4) is 17.7 Å². The smallest absolute Gasteiger partial charge is 0.239 e. The number of hydrogen-bond donors (Lipinski definition) is 0. The van der Waals surface area contributed by atoms with Gasteiger partial charge in [-0.2, -0.15) is 5.26 Å². The molecule has 0 atom stereocenters. The SMILES string of the molecule is N#Cc1ccnc(Oc2cccc(F)c2)c1Cl. The summed E-state index contributed by atoms with van der Waals surface area (Å²) in [6, 6.07) is 8.96. The summed E-state index contributed by atoms with van der Waals surface area (Å²) in [4.78, 5) is 3.88. The average molecular weight is 249 g/mol. The summed E-state index contributed by atoms with van der Waals surface area (Å²) >= 11 is 5.89. The molecule has 0 amide bonds. The summed E-state index contributed by atoms with van der Waals surface area (Å²) in [7, 11) is 0. The number of pyridine rings is 1. The Bertz CT molecular complexity index is 595. The maximum absolute atomic E-state index is 12.9. The fraction of sp³-hybridized carbons (Fsp3) is 0. The molecule has 3 nitrogen and oxygen atoms in total. The lowest BCUT2D eigenvalue weighted by atomic mass is 10.3. The van der Waals surface area contributed by atoms with Gasteiger partial charge in [-0.25, -0.2) is 9.37 Å². The number of rotatable bonds is 2. The lowest BCUT2D eigenvalue weighted by Gasteiger charge is -2.06. The Morgan fingerprint density at radius 3 is 2.88 bits per heavy atom. The fourth-order valence-corrected chi connectivity index (χ4v) is 1.42. The van der Waals surface area contributed by atoms with Crippen molar-refractivity contribution in [1.29, 1.82) is 5.26 Å². The topological polar surface area (TPSA) is 45.9 Å². The van der Waals surface area contributed by atoms with Gasteiger partial charge < -0.3 is 4.74 Å². The minimum atomic E-state index is -0.421. The van der Waals surface area contributed by atoms with Crippen molar-refractivity contribution in [1.82, 2.24) is 4.98 Å². The molecule has 0 saturated heterocycles. The molecule has 0 aliphatic rings. The van der Waals surface area contributed by atoms with Gasteiger partial charge in [-0.3, -0.25) is 0 Å². The first-order valence-electron chi connectivity index (χ1n) is 4.69. The molecular weight excluding hydrogens is 243 g/mol. The van der Waals surface area contributed by atoms with E-state index in [-0.39, 0.29) is 22.2 Å². The van der Waals surface area contributed by atoms with E-state index in [1.807, 2.05) is 6.07 Å². The Hall–Kier alpha value is -2.12. The first-order valence-corrected chi connectivity index (χ1v) is 5.06. The highest BCUT2D eigenvalue weighted by atomic mass is 35.5. The summed E-state index contributed by atoms with van der Waals surface area (Å²) in [5.41, 5.74) is 0.257. The Balaban J connectivity index is 2.34. The number of hydrogen-bond acceptors (Lipinski definition) is 3. The van der Waals surface area contributed by atoms with Crippen LogP contribution in [-0.4, -0.2) is 4.98 Å². The summed E-state index contributed by atoms with van der Waals surface area (Å²) < 4.78 is 18.2. The molecule has 0 radical (unpaired) electrons. The van der Waals surface area contributed by atoms with Gasteiger partial charge in [-0.15, -0.1) is 0 Å². The van der Waals surface area contributed by atoms with Crippen molar-refractivity contribution in [2.24, 2.45) is 0 Å². The zero-order chi connectivity index (χ0) is 12.3. The average Bonchev–Trinajstić information content (AvgIpc) is 2.32. The molecular formula is C12H6ClFN2O. The zero-order valence-electron chi connectivity index (χ0n) is 8.52. The van der Waals surface area contributed by atoms with E-state index in [9.17, 15) is 4.39 Å². The van der Waals surface area contributed by atoms with Crippen molar-refractivity contribution in [3.63, 3.8) is 0 Å². The number of aromatic nitrogens is 1. The van der Waals surface area contributed by atoms with Crippen molar-refractivity contribution in [3.05, 3.63) is 52.9 Å². The molecule has 0 spiro atoms. The summed E-state index contributed by atoms with van der Waals surface area (Å²) in [5, 5.41) is 8.89. The summed E-state index contributed by atoms with van der Waals surface area (Å²) in [6.07, 6.45) is 1.40. The summed E-state index contributed by atoms with van der Waals surface area (Å²) in [5.74, 6) is -0.0686. The molecule has 1 aromatic carbocycles. The third-order valence-corrected chi connectivity index (χ3v) is 2.35. The molecule has 0 bridgehead atoms. The minimum absolute atomic E-state index is 0.0799. The lowest BCUT2D eigenvalue weighted by Crippen LogP contribution is -1.91. The molecule has 2 rings (SSSR count). The van der Waals surface area contributed by atoms with Gasteiger partial charge in [0.1, 0.15) is 22.7 Å². The van der Waals surface area contributed by atoms with Crippen LogP contribution in [0.25, 0.3) is 0 Å². The molecule has 0 aliphatic carbocycles. The van der Waals surface area contributed by atoms with Crippen LogP contribution in [0.1, 0.15) is 5.56 Å². The van der Waals surface area contributed by atoms with E-state index in [4.69, 9.17) is 21.6 Å².